The molecule has 2 rings (SSSR count). The van der Waals surface area contributed by atoms with E-state index in [1.165, 1.54) is 28.8 Å². The van der Waals surface area contributed by atoms with Crippen molar-refractivity contribution in [2.75, 3.05) is 0 Å². The summed E-state index contributed by atoms with van der Waals surface area (Å²) in [5, 5.41) is 2.14. The number of rotatable bonds is 3. The first-order valence-corrected chi connectivity index (χ1v) is 5.79. The van der Waals surface area contributed by atoms with E-state index in [0.717, 1.165) is 0 Å². The zero-order valence-electron chi connectivity index (χ0n) is 8.13. The molecule has 70 valence electrons. The zero-order valence-corrected chi connectivity index (χ0v) is 8.95. The fourth-order valence-corrected chi connectivity index (χ4v) is 2.61. The highest BCUT2D eigenvalue weighted by molar-refractivity contribution is 7.17. The smallest absolute Gasteiger partial charge is 0.0565 e. The lowest BCUT2D eigenvalue weighted by Gasteiger charge is -2.08. The Labute approximate surface area is 82.8 Å². The summed E-state index contributed by atoms with van der Waals surface area (Å²) in [6.07, 6.45) is 2.45. The molecule has 0 spiro atoms. The van der Waals surface area contributed by atoms with Gasteiger partial charge in [-0.3, -0.25) is 0 Å². The average Bonchev–Trinajstić information content (AvgIpc) is 2.65. The topological polar surface area (TPSA) is 15.8 Å². The first-order chi connectivity index (χ1) is 6.35. The van der Waals surface area contributed by atoms with E-state index in [1.54, 1.807) is 0 Å². The van der Waals surface area contributed by atoms with Crippen LogP contribution in [0.1, 0.15) is 38.3 Å². The fourth-order valence-electron chi connectivity index (χ4n) is 1.82. The van der Waals surface area contributed by atoms with Gasteiger partial charge in [0.2, 0.25) is 0 Å². The lowest BCUT2D eigenvalue weighted by Crippen LogP contribution is -1.94. The third-order valence-electron chi connectivity index (χ3n) is 2.69. The van der Waals surface area contributed by atoms with E-state index in [1.807, 2.05) is 11.3 Å². The molecule has 13 heavy (non-hydrogen) atoms. The second kappa shape index (κ2) is 3.54. The van der Waals surface area contributed by atoms with Gasteiger partial charge in [0.1, 0.15) is 0 Å². The van der Waals surface area contributed by atoms with Crippen molar-refractivity contribution in [1.82, 2.24) is 4.98 Å². The maximum Gasteiger partial charge on any atom is 0.0565 e. The van der Waals surface area contributed by atoms with Gasteiger partial charge in [0.25, 0.3) is 0 Å². The summed E-state index contributed by atoms with van der Waals surface area (Å²) in [7, 11) is 0. The van der Waals surface area contributed by atoms with E-state index in [2.05, 4.69) is 36.3 Å². The van der Waals surface area contributed by atoms with E-state index in [4.69, 9.17) is 0 Å². The maximum atomic E-state index is 3.49. The van der Waals surface area contributed by atoms with Crippen LogP contribution in [0.15, 0.2) is 17.5 Å². The molecule has 1 nitrogen and oxygen atoms in total. The van der Waals surface area contributed by atoms with Crippen LogP contribution < -0.4 is 0 Å². The van der Waals surface area contributed by atoms with Gasteiger partial charge in [0.05, 0.1) is 10.2 Å². The number of nitrogens with one attached hydrogen (secondary N) is 1. The molecule has 2 heterocycles. The average molecular weight is 193 g/mol. The van der Waals surface area contributed by atoms with Crippen LogP contribution in [-0.4, -0.2) is 4.98 Å². The number of thiophene rings is 1. The molecule has 2 heteroatoms. The predicted molar refractivity (Wildman–Crippen MR) is 59.5 cm³/mol. The lowest BCUT2D eigenvalue weighted by molar-refractivity contribution is 0.628. The van der Waals surface area contributed by atoms with Gasteiger partial charge in [0, 0.05) is 5.69 Å². The zero-order chi connectivity index (χ0) is 9.26. The molecule has 0 radical (unpaired) electrons. The van der Waals surface area contributed by atoms with Crippen LogP contribution in [-0.2, 0) is 0 Å². The van der Waals surface area contributed by atoms with E-state index in [-0.39, 0.29) is 0 Å². The molecule has 0 aliphatic carbocycles. The van der Waals surface area contributed by atoms with Gasteiger partial charge in [-0.05, 0) is 36.3 Å². The summed E-state index contributed by atoms with van der Waals surface area (Å²) >= 11 is 1.82. The maximum absolute atomic E-state index is 3.49. The van der Waals surface area contributed by atoms with Gasteiger partial charge in [-0.2, -0.15) is 0 Å². The fraction of sp³-hybridized carbons (Fsp3) is 0.455. The van der Waals surface area contributed by atoms with Crippen LogP contribution >= 0.6 is 11.3 Å². The second-order valence-electron chi connectivity index (χ2n) is 3.44. The summed E-state index contributed by atoms with van der Waals surface area (Å²) in [5.41, 5.74) is 2.71. The van der Waals surface area contributed by atoms with Crippen LogP contribution in [0, 0.1) is 0 Å². The molecule has 0 bridgehead atoms. The van der Waals surface area contributed by atoms with Crippen molar-refractivity contribution in [1.29, 1.82) is 0 Å². The summed E-state index contributed by atoms with van der Waals surface area (Å²) in [6, 6.07) is 4.46. The first kappa shape index (κ1) is 8.82. The molecule has 2 aromatic rings. The van der Waals surface area contributed by atoms with Crippen molar-refractivity contribution in [2.45, 2.75) is 32.6 Å². The number of hydrogen-bond acceptors (Lipinski definition) is 1. The van der Waals surface area contributed by atoms with Crippen molar-refractivity contribution in [3.05, 3.63) is 23.2 Å². The van der Waals surface area contributed by atoms with Gasteiger partial charge >= 0.3 is 0 Å². The third-order valence-corrected chi connectivity index (χ3v) is 3.55. The van der Waals surface area contributed by atoms with Crippen molar-refractivity contribution in [3.63, 3.8) is 0 Å². The van der Waals surface area contributed by atoms with E-state index in [9.17, 15) is 0 Å². The Hall–Kier alpha value is -0.760. The number of hydrogen-bond donors (Lipinski definition) is 1. The second-order valence-corrected chi connectivity index (χ2v) is 4.38. The molecule has 0 saturated carbocycles. The Morgan fingerprint density at radius 1 is 1.38 bits per heavy atom. The number of aromatic amines is 1. The molecule has 0 unspecified atom stereocenters. The minimum atomic E-state index is 0.708. The number of aromatic nitrogens is 1. The summed E-state index contributed by atoms with van der Waals surface area (Å²) in [4.78, 5) is 3.49. The number of fused-ring (bicyclic) bond motifs is 1. The quantitative estimate of drug-likeness (QED) is 0.754. The molecule has 0 amide bonds. The Bertz CT molecular complexity index is 353. The Morgan fingerprint density at radius 3 is 2.77 bits per heavy atom. The molecule has 0 aliphatic rings. The molecule has 0 fully saturated rings. The molecule has 0 aromatic carbocycles. The SMILES string of the molecule is CCC(CC)c1cc2sccc2[nH]1. The molecule has 2 aromatic heterocycles. The minimum absolute atomic E-state index is 0.708. The highest BCUT2D eigenvalue weighted by atomic mass is 32.1. The molecule has 1 N–H and O–H groups in total. The number of H-pyrrole nitrogens is 1. The normalized spacial score (nSPS) is 11.6. The van der Waals surface area contributed by atoms with Gasteiger partial charge in [-0.25, -0.2) is 0 Å². The van der Waals surface area contributed by atoms with E-state index >= 15 is 0 Å². The van der Waals surface area contributed by atoms with Crippen LogP contribution in [0.4, 0.5) is 0 Å². The van der Waals surface area contributed by atoms with Crippen LogP contribution in [0.5, 0.6) is 0 Å². The van der Waals surface area contributed by atoms with Crippen molar-refractivity contribution >= 4 is 21.6 Å². The van der Waals surface area contributed by atoms with Crippen molar-refractivity contribution < 1.29 is 0 Å². The van der Waals surface area contributed by atoms with E-state index < -0.39 is 0 Å². The van der Waals surface area contributed by atoms with Gasteiger partial charge in [-0.1, -0.05) is 13.8 Å². The van der Waals surface area contributed by atoms with Crippen LogP contribution in [0.2, 0.25) is 0 Å². The summed E-state index contributed by atoms with van der Waals surface area (Å²) < 4.78 is 1.39. The first-order valence-electron chi connectivity index (χ1n) is 4.91. The monoisotopic (exact) mass is 193 g/mol. The molecule has 0 atom stereocenters. The van der Waals surface area contributed by atoms with Gasteiger partial charge < -0.3 is 4.98 Å². The molecular weight excluding hydrogens is 178 g/mol. The standard InChI is InChI=1S/C11H15NS/c1-3-8(4-2)10-7-11-9(12-10)5-6-13-11/h5-8,12H,3-4H2,1-2H3. The Morgan fingerprint density at radius 2 is 2.15 bits per heavy atom. The highest BCUT2D eigenvalue weighted by Crippen LogP contribution is 2.28. The van der Waals surface area contributed by atoms with Gasteiger partial charge in [0.15, 0.2) is 0 Å². The summed E-state index contributed by atoms with van der Waals surface area (Å²) in [5.74, 6) is 0.708. The largest absolute Gasteiger partial charge is 0.357 e. The Kier molecular flexibility index (Phi) is 2.40. The predicted octanol–water partition coefficient (Wildman–Crippen LogP) is 4.13. The van der Waals surface area contributed by atoms with Crippen molar-refractivity contribution in [3.8, 4) is 0 Å². The highest BCUT2D eigenvalue weighted by Gasteiger charge is 2.09. The minimum Gasteiger partial charge on any atom is -0.357 e. The molecular formula is C11H15NS. The lowest BCUT2D eigenvalue weighted by atomic mass is 10.0. The van der Waals surface area contributed by atoms with Crippen molar-refractivity contribution in [2.24, 2.45) is 0 Å². The molecule has 0 saturated heterocycles. The Balaban J connectivity index is 2.37. The third kappa shape index (κ3) is 1.51. The molecule has 0 aliphatic heterocycles. The van der Waals surface area contributed by atoms with Gasteiger partial charge in [-0.15, -0.1) is 11.3 Å². The van der Waals surface area contributed by atoms with Crippen LogP contribution in [0.25, 0.3) is 10.2 Å². The van der Waals surface area contributed by atoms with E-state index in [0.29, 0.717) is 5.92 Å². The van der Waals surface area contributed by atoms with Crippen LogP contribution in [0.3, 0.4) is 0 Å². The summed E-state index contributed by atoms with van der Waals surface area (Å²) in [6.45, 7) is 4.51.